The molecule has 2 rings (SSSR count). The van der Waals surface area contributed by atoms with Crippen LogP contribution in [0.2, 0.25) is 5.02 Å². The summed E-state index contributed by atoms with van der Waals surface area (Å²) in [6.45, 7) is 7.51. The molecule has 0 unspecified atom stereocenters. The van der Waals surface area contributed by atoms with Crippen molar-refractivity contribution in [1.82, 2.24) is 5.32 Å². The first-order chi connectivity index (χ1) is 12.4. The minimum atomic E-state index is -0.337. The minimum absolute atomic E-state index is 0. The molecule has 0 amide bonds. The molecule has 27 heavy (non-hydrogen) atoms. The molecule has 0 atom stereocenters. The lowest BCUT2D eigenvalue weighted by Gasteiger charge is -2.24. The van der Waals surface area contributed by atoms with E-state index in [0.29, 0.717) is 30.5 Å². The number of hydrogen-bond acceptors (Lipinski definition) is 4. The number of aliphatic hydroxyl groups excluding tert-OH is 1. The molecule has 150 valence electrons. The summed E-state index contributed by atoms with van der Waals surface area (Å²) in [4.78, 5) is 0. The van der Waals surface area contributed by atoms with Crippen LogP contribution in [0, 0.1) is 3.57 Å². The summed E-state index contributed by atoms with van der Waals surface area (Å²) in [5.41, 5.74) is 1.67. The first-order valence-electron chi connectivity index (χ1n) is 8.53. The van der Waals surface area contributed by atoms with E-state index in [1.807, 2.05) is 51.1 Å². The van der Waals surface area contributed by atoms with Crippen LogP contribution in [0.25, 0.3) is 0 Å². The van der Waals surface area contributed by atoms with Gasteiger partial charge in [0.25, 0.3) is 0 Å². The summed E-state index contributed by atoms with van der Waals surface area (Å²) in [5, 5.41) is 13.4. The van der Waals surface area contributed by atoms with E-state index in [0.717, 1.165) is 20.4 Å². The van der Waals surface area contributed by atoms with Crippen LogP contribution in [-0.2, 0) is 13.2 Å². The maximum atomic E-state index is 9.39. The van der Waals surface area contributed by atoms with Crippen LogP contribution >= 0.6 is 46.6 Å². The fourth-order valence-corrected chi connectivity index (χ4v) is 3.30. The van der Waals surface area contributed by atoms with Crippen molar-refractivity contribution in [3.8, 4) is 11.5 Å². The Labute approximate surface area is 186 Å². The predicted octanol–water partition coefficient (Wildman–Crippen LogP) is 5.20. The quantitative estimate of drug-likeness (QED) is 0.441. The van der Waals surface area contributed by atoms with E-state index in [2.05, 4.69) is 34.0 Å². The third kappa shape index (κ3) is 7.31. The van der Waals surface area contributed by atoms with Gasteiger partial charge in [0.1, 0.15) is 6.61 Å². The molecule has 0 bridgehead atoms. The maximum absolute atomic E-state index is 9.39. The van der Waals surface area contributed by atoms with E-state index in [9.17, 15) is 5.11 Å². The second-order valence-corrected chi connectivity index (χ2v) is 8.18. The Morgan fingerprint density at radius 2 is 1.89 bits per heavy atom. The SMILES string of the molecule is CCOc1cc(CNC(C)(C)CO)cc(I)c1OCc1ccccc1Cl.Cl. The standard InChI is InChI=1S/C20H25ClINO3.ClH/c1-4-25-18-10-14(11-23-20(2,3)13-24)9-17(22)19(18)26-12-15-7-5-6-8-16(15)21;/h5-10,23-24H,4,11-13H2,1-3H3;1H. The Morgan fingerprint density at radius 1 is 1.19 bits per heavy atom. The van der Waals surface area contributed by atoms with Crippen molar-refractivity contribution < 1.29 is 14.6 Å². The van der Waals surface area contributed by atoms with Gasteiger partial charge in [-0.1, -0.05) is 29.8 Å². The fraction of sp³-hybridized carbons (Fsp3) is 0.400. The molecule has 4 nitrogen and oxygen atoms in total. The Morgan fingerprint density at radius 3 is 2.52 bits per heavy atom. The summed E-state index contributed by atoms with van der Waals surface area (Å²) in [6.07, 6.45) is 0. The average molecular weight is 526 g/mol. The molecule has 2 aromatic rings. The lowest BCUT2D eigenvalue weighted by atomic mass is 10.1. The molecule has 0 saturated heterocycles. The van der Waals surface area contributed by atoms with Gasteiger partial charge in [-0.2, -0.15) is 0 Å². The third-order valence-electron chi connectivity index (χ3n) is 3.87. The summed E-state index contributed by atoms with van der Waals surface area (Å²) in [7, 11) is 0. The average Bonchev–Trinajstić information content (AvgIpc) is 2.61. The number of benzene rings is 2. The van der Waals surface area contributed by atoms with E-state index in [4.69, 9.17) is 21.1 Å². The zero-order chi connectivity index (χ0) is 19.2. The van der Waals surface area contributed by atoms with Crippen LogP contribution < -0.4 is 14.8 Å². The second-order valence-electron chi connectivity index (χ2n) is 6.61. The first-order valence-corrected chi connectivity index (χ1v) is 9.99. The van der Waals surface area contributed by atoms with Gasteiger partial charge in [0.05, 0.1) is 16.8 Å². The second kappa shape index (κ2) is 11.3. The molecule has 0 fully saturated rings. The zero-order valence-electron chi connectivity index (χ0n) is 15.7. The van der Waals surface area contributed by atoms with Crippen molar-refractivity contribution in [3.63, 3.8) is 0 Å². The van der Waals surface area contributed by atoms with Crippen molar-refractivity contribution >= 4 is 46.6 Å². The monoisotopic (exact) mass is 525 g/mol. The van der Waals surface area contributed by atoms with Crippen LogP contribution in [0.15, 0.2) is 36.4 Å². The Bertz CT molecular complexity index is 741. The van der Waals surface area contributed by atoms with E-state index in [1.165, 1.54) is 0 Å². The van der Waals surface area contributed by atoms with Gasteiger partial charge in [0.15, 0.2) is 11.5 Å². The number of hydrogen-bond donors (Lipinski definition) is 2. The molecule has 0 radical (unpaired) electrons. The summed E-state index contributed by atoms with van der Waals surface area (Å²) >= 11 is 8.47. The molecule has 0 aliphatic rings. The molecule has 0 saturated carbocycles. The molecular weight excluding hydrogens is 500 g/mol. The highest BCUT2D eigenvalue weighted by Gasteiger charge is 2.17. The van der Waals surface area contributed by atoms with Gasteiger partial charge in [-0.3, -0.25) is 0 Å². The molecule has 2 aromatic carbocycles. The normalized spacial score (nSPS) is 11.0. The van der Waals surface area contributed by atoms with Crippen molar-refractivity contribution in [3.05, 3.63) is 56.1 Å². The molecule has 2 N–H and O–H groups in total. The highest BCUT2D eigenvalue weighted by Crippen LogP contribution is 2.35. The molecular formula is C20H26Cl2INO3. The summed E-state index contributed by atoms with van der Waals surface area (Å²) < 4.78 is 12.8. The minimum Gasteiger partial charge on any atom is -0.490 e. The molecule has 0 aliphatic heterocycles. The Balaban J connectivity index is 0.00000364. The van der Waals surface area contributed by atoms with Crippen molar-refractivity contribution in [1.29, 1.82) is 0 Å². The Kier molecular flexibility index (Phi) is 10.2. The molecule has 7 heteroatoms. The van der Waals surface area contributed by atoms with Gasteiger partial charge >= 0.3 is 0 Å². The number of halogens is 3. The largest absolute Gasteiger partial charge is 0.490 e. The third-order valence-corrected chi connectivity index (χ3v) is 5.04. The van der Waals surface area contributed by atoms with Crippen LogP contribution in [0.3, 0.4) is 0 Å². The van der Waals surface area contributed by atoms with Gasteiger partial charge in [0, 0.05) is 22.7 Å². The highest BCUT2D eigenvalue weighted by atomic mass is 127. The predicted molar refractivity (Wildman–Crippen MR) is 121 cm³/mol. The topological polar surface area (TPSA) is 50.7 Å². The van der Waals surface area contributed by atoms with Crippen LogP contribution in [-0.4, -0.2) is 23.9 Å². The van der Waals surface area contributed by atoms with Crippen molar-refractivity contribution in [2.45, 2.75) is 39.5 Å². The summed E-state index contributed by atoms with van der Waals surface area (Å²) in [6, 6.07) is 11.7. The van der Waals surface area contributed by atoms with E-state index in [1.54, 1.807) is 0 Å². The van der Waals surface area contributed by atoms with Gasteiger partial charge in [-0.05, 0) is 67.1 Å². The number of nitrogens with one attached hydrogen (secondary N) is 1. The van der Waals surface area contributed by atoms with Gasteiger partial charge in [-0.15, -0.1) is 12.4 Å². The number of aliphatic hydroxyl groups is 1. The van der Waals surface area contributed by atoms with E-state index in [-0.39, 0.29) is 24.6 Å². The van der Waals surface area contributed by atoms with Crippen LogP contribution in [0.4, 0.5) is 0 Å². The van der Waals surface area contributed by atoms with Gasteiger partial charge in [-0.25, -0.2) is 0 Å². The van der Waals surface area contributed by atoms with Crippen molar-refractivity contribution in [2.75, 3.05) is 13.2 Å². The first kappa shape index (κ1) is 24.3. The summed E-state index contributed by atoms with van der Waals surface area (Å²) in [5.74, 6) is 1.43. The molecule has 0 heterocycles. The van der Waals surface area contributed by atoms with Crippen LogP contribution in [0.5, 0.6) is 11.5 Å². The zero-order valence-corrected chi connectivity index (χ0v) is 19.5. The lowest BCUT2D eigenvalue weighted by Crippen LogP contribution is -2.42. The van der Waals surface area contributed by atoms with Gasteiger partial charge in [0.2, 0.25) is 0 Å². The van der Waals surface area contributed by atoms with E-state index < -0.39 is 0 Å². The van der Waals surface area contributed by atoms with Crippen molar-refractivity contribution in [2.24, 2.45) is 0 Å². The van der Waals surface area contributed by atoms with E-state index >= 15 is 0 Å². The smallest absolute Gasteiger partial charge is 0.174 e. The van der Waals surface area contributed by atoms with Crippen LogP contribution in [0.1, 0.15) is 31.9 Å². The molecule has 0 spiro atoms. The fourth-order valence-electron chi connectivity index (χ4n) is 2.29. The lowest BCUT2D eigenvalue weighted by molar-refractivity contribution is 0.187. The Hall–Kier alpha value is -0.730. The molecule has 0 aromatic heterocycles. The number of ether oxygens (including phenoxy) is 2. The highest BCUT2D eigenvalue weighted by molar-refractivity contribution is 14.1. The van der Waals surface area contributed by atoms with Gasteiger partial charge < -0.3 is 19.9 Å². The maximum Gasteiger partial charge on any atom is 0.174 e. The number of rotatable bonds is 9. The molecule has 0 aliphatic carbocycles.